The van der Waals surface area contributed by atoms with E-state index in [1.165, 1.54) is 12.0 Å². The molecule has 14 nitrogen and oxygen atoms in total. The molecular weight excluding hydrogens is 873 g/mol. The zero-order valence-corrected chi connectivity index (χ0v) is 40.1. The summed E-state index contributed by atoms with van der Waals surface area (Å²) in [7, 11) is 1.36. The number of hydrogen-bond acceptors (Lipinski definition) is 12. The fraction of sp³-hybridized carbons (Fsp3) is 0.360. The number of fused-ring (bicyclic) bond motifs is 3. The van der Waals surface area contributed by atoms with Crippen LogP contribution in [0.3, 0.4) is 0 Å². The van der Waals surface area contributed by atoms with Crippen molar-refractivity contribution in [2.45, 2.75) is 98.5 Å². The summed E-state index contributed by atoms with van der Waals surface area (Å²) in [6.45, 7) is 15.5. The lowest BCUT2D eigenvalue weighted by molar-refractivity contribution is -0.142. The van der Waals surface area contributed by atoms with Gasteiger partial charge in [0.25, 0.3) is 5.91 Å². The number of aliphatic hydroxyl groups excluding tert-OH is 1. The Morgan fingerprint density at radius 2 is 1.52 bits per heavy atom. The molecule has 342 valence electrons. The normalized spacial score (nSPS) is 17.8. The number of thiophene rings is 1. The molecular formula is C50H54N8O6S2. The number of carbonyl (C=O) groups excluding carboxylic acids is 4. The Kier molecular flexibility index (Phi) is 12.9. The monoisotopic (exact) mass is 926 g/mol. The van der Waals surface area contributed by atoms with Crippen molar-refractivity contribution in [1.29, 1.82) is 0 Å². The van der Waals surface area contributed by atoms with Gasteiger partial charge in [0.1, 0.15) is 29.0 Å². The second kappa shape index (κ2) is 18.5. The molecule has 6 aromatic rings. The number of likely N-dealkylation sites (tertiary alicyclic amines) is 1. The van der Waals surface area contributed by atoms with E-state index in [1.54, 1.807) is 34.8 Å². The van der Waals surface area contributed by atoms with E-state index in [9.17, 15) is 24.3 Å². The van der Waals surface area contributed by atoms with Crippen molar-refractivity contribution < 1.29 is 29.0 Å². The van der Waals surface area contributed by atoms with Crippen LogP contribution in [0.4, 0.5) is 0 Å². The fourth-order valence-corrected chi connectivity index (χ4v) is 10.7. The number of aliphatic hydroxyl groups is 1. The van der Waals surface area contributed by atoms with Crippen LogP contribution in [0.5, 0.6) is 0 Å². The van der Waals surface area contributed by atoms with Gasteiger partial charge >= 0.3 is 5.97 Å². The highest BCUT2D eigenvalue weighted by Gasteiger charge is 2.45. The molecule has 2 aliphatic rings. The Morgan fingerprint density at radius 3 is 2.14 bits per heavy atom. The van der Waals surface area contributed by atoms with E-state index in [0.29, 0.717) is 17.2 Å². The van der Waals surface area contributed by atoms with Crippen LogP contribution in [0.1, 0.15) is 107 Å². The van der Waals surface area contributed by atoms with Crippen molar-refractivity contribution in [1.82, 2.24) is 35.3 Å². The van der Waals surface area contributed by atoms with Gasteiger partial charge in [0.15, 0.2) is 5.82 Å². The van der Waals surface area contributed by atoms with Crippen LogP contribution in [0.25, 0.3) is 26.6 Å². The fourth-order valence-electron chi connectivity index (χ4n) is 8.63. The van der Waals surface area contributed by atoms with Crippen LogP contribution in [0.15, 0.2) is 83.3 Å². The van der Waals surface area contributed by atoms with Crippen molar-refractivity contribution in [3.05, 3.63) is 128 Å². The third-order valence-corrected chi connectivity index (χ3v) is 14.7. The molecule has 1 saturated heterocycles. The van der Waals surface area contributed by atoms with E-state index in [2.05, 4.69) is 39.7 Å². The van der Waals surface area contributed by atoms with Crippen molar-refractivity contribution in [2.24, 2.45) is 10.4 Å². The Balaban J connectivity index is 0.965. The second-order valence-corrected chi connectivity index (χ2v) is 20.2. The second-order valence-electron chi connectivity index (χ2n) is 18.1. The summed E-state index contributed by atoms with van der Waals surface area (Å²) >= 11 is 3.22. The number of carbonyl (C=O) groups is 4. The average Bonchev–Trinajstić information content (AvgIpc) is 4.07. The van der Waals surface area contributed by atoms with Gasteiger partial charge in [-0.15, -0.1) is 32.9 Å². The molecule has 3 N–H and O–H groups in total. The number of ether oxygens (including phenoxy) is 1. The maximum atomic E-state index is 14.4. The number of thiazole rings is 1. The van der Waals surface area contributed by atoms with Gasteiger partial charge in [0, 0.05) is 34.5 Å². The quantitative estimate of drug-likeness (QED) is 0.109. The van der Waals surface area contributed by atoms with Gasteiger partial charge in [-0.05, 0) is 80.0 Å². The molecule has 5 atom stereocenters. The molecule has 3 amide bonds. The minimum atomic E-state index is -0.993. The third-order valence-electron chi connectivity index (χ3n) is 12.5. The van der Waals surface area contributed by atoms with E-state index in [1.807, 2.05) is 112 Å². The lowest BCUT2D eigenvalue weighted by atomic mass is 9.85. The van der Waals surface area contributed by atoms with E-state index >= 15 is 0 Å². The number of aromatic nitrogens is 4. The summed E-state index contributed by atoms with van der Waals surface area (Å²) in [5.74, 6) is -0.349. The molecule has 0 bridgehead atoms. The standard InChI is InChI=1S/C50H54N8O6S2/c1-26-29(4)66-49-41(26)42(53-38(23-40(60)64-9)45-56-55-30(5)58(45)49)34-16-12-32(13-17-34)33-14-20-36(21-15-33)46(61)54-44(50(6,7)8)48(63)57-24-37(59)22-39(57)47(62)52-27(2)31-10-18-35(19-11-31)43-28(3)51-25-65-43/h10-21,25,27,37-39,44,59H,22-24H2,1-9H3,(H,52,62)(H,54,61)/t27?,37-,38+,39+,44?/m1/s1. The highest BCUT2D eigenvalue weighted by Crippen LogP contribution is 2.40. The van der Waals surface area contributed by atoms with Gasteiger partial charge in [0.05, 0.1) is 47.5 Å². The first-order valence-corrected chi connectivity index (χ1v) is 23.6. The van der Waals surface area contributed by atoms with Gasteiger partial charge in [-0.25, -0.2) is 4.98 Å². The molecule has 66 heavy (non-hydrogen) atoms. The molecule has 0 aliphatic carbocycles. The maximum absolute atomic E-state index is 14.4. The van der Waals surface area contributed by atoms with Crippen molar-refractivity contribution >= 4 is 52.1 Å². The van der Waals surface area contributed by atoms with Crippen LogP contribution in [0, 0.1) is 33.1 Å². The number of nitrogens with zero attached hydrogens (tertiary/aromatic N) is 6. The number of aryl methyl sites for hydroxylation is 3. The van der Waals surface area contributed by atoms with Crippen LogP contribution in [0.2, 0.25) is 0 Å². The number of nitrogens with one attached hydrogen (secondary N) is 2. The van der Waals surface area contributed by atoms with E-state index in [0.717, 1.165) is 65.1 Å². The summed E-state index contributed by atoms with van der Waals surface area (Å²) in [5.41, 5.74) is 9.83. The lowest BCUT2D eigenvalue weighted by Crippen LogP contribution is -2.57. The predicted molar refractivity (Wildman–Crippen MR) is 256 cm³/mol. The Labute approximate surface area is 392 Å². The molecule has 8 rings (SSSR count). The first-order valence-electron chi connectivity index (χ1n) is 21.9. The zero-order chi connectivity index (χ0) is 47.2. The highest BCUT2D eigenvalue weighted by atomic mass is 32.1. The molecule has 16 heteroatoms. The molecule has 1 fully saturated rings. The first-order chi connectivity index (χ1) is 31.4. The topological polar surface area (TPSA) is 181 Å². The molecule has 0 radical (unpaired) electrons. The van der Waals surface area contributed by atoms with Gasteiger partial charge in [-0.1, -0.05) is 81.4 Å². The molecule has 3 aromatic heterocycles. The van der Waals surface area contributed by atoms with E-state index in [-0.39, 0.29) is 31.3 Å². The summed E-state index contributed by atoms with van der Waals surface area (Å²) in [6.07, 6.45) is -0.794. The molecule has 0 spiro atoms. The number of β-amino-alcohol motifs (C(OH)–C–C–N with tert-alkyl or cyclic N) is 1. The maximum Gasteiger partial charge on any atom is 0.308 e. The third kappa shape index (κ3) is 9.09. The Hall–Kier alpha value is -6.36. The number of esters is 1. The smallest absolute Gasteiger partial charge is 0.308 e. The number of amides is 3. The van der Waals surface area contributed by atoms with Crippen molar-refractivity contribution in [3.8, 4) is 26.6 Å². The first kappa shape index (κ1) is 46.2. The predicted octanol–water partition coefficient (Wildman–Crippen LogP) is 7.79. The number of rotatable bonds is 11. The lowest BCUT2D eigenvalue weighted by Gasteiger charge is -2.35. The number of methoxy groups -OCH3 is 1. The summed E-state index contributed by atoms with van der Waals surface area (Å²) in [5, 5.41) is 26.5. The molecule has 2 unspecified atom stereocenters. The van der Waals surface area contributed by atoms with Gasteiger partial charge in [-0.3, -0.25) is 28.7 Å². The van der Waals surface area contributed by atoms with Crippen LogP contribution >= 0.6 is 22.7 Å². The van der Waals surface area contributed by atoms with Crippen LogP contribution in [-0.2, 0) is 19.1 Å². The number of hydrogen-bond donors (Lipinski definition) is 3. The molecule has 0 saturated carbocycles. The van der Waals surface area contributed by atoms with Crippen LogP contribution in [-0.4, -0.2) is 91.0 Å². The van der Waals surface area contributed by atoms with Crippen molar-refractivity contribution in [3.63, 3.8) is 0 Å². The van der Waals surface area contributed by atoms with E-state index in [4.69, 9.17) is 9.73 Å². The summed E-state index contributed by atoms with van der Waals surface area (Å²) in [4.78, 5) is 67.7. The van der Waals surface area contributed by atoms with E-state index < -0.39 is 47.4 Å². The molecule has 3 aromatic carbocycles. The van der Waals surface area contributed by atoms with Gasteiger partial charge in [0.2, 0.25) is 11.8 Å². The Morgan fingerprint density at radius 1 is 0.879 bits per heavy atom. The SMILES string of the molecule is COC(=O)C[C@@H]1N=C(c2ccc(-c3ccc(C(=O)NC(C(=O)N4C[C@H](O)C[C@H]4C(=O)NC(C)c4ccc(-c5scnc5C)cc4)C(C)(C)C)cc3)cc2)c2c(sc(C)c2C)-n2c(C)nnc21. The zero-order valence-electron chi connectivity index (χ0n) is 38.5. The number of benzene rings is 3. The van der Waals surface area contributed by atoms with Crippen molar-refractivity contribution in [2.75, 3.05) is 13.7 Å². The number of aliphatic imine (C=N–C) groups is 1. The van der Waals surface area contributed by atoms with Gasteiger partial charge < -0.3 is 25.4 Å². The highest BCUT2D eigenvalue weighted by molar-refractivity contribution is 7.15. The van der Waals surface area contributed by atoms with Crippen LogP contribution < -0.4 is 10.6 Å². The van der Waals surface area contributed by atoms with Gasteiger partial charge in [-0.2, -0.15) is 0 Å². The minimum absolute atomic E-state index is 0.0116. The summed E-state index contributed by atoms with van der Waals surface area (Å²) < 4.78 is 7.03. The summed E-state index contributed by atoms with van der Waals surface area (Å²) in [6, 6.07) is 20.3. The minimum Gasteiger partial charge on any atom is -0.469 e. The largest absolute Gasteiger partial charge is 0.469 e. The Bertz CT molecular complexity index is 2840. The average molecular weight is 927 g/mol. The molecule has 2 aliphatic heterocycles. The molecule has 5 heterocycles.